The first-order valence-electron chi connectivity index (χ1n) is 4.84. The largest absolute Gasteiger partial charge is 0.398 e. The highest BCUT2D eigenvalue weighted by Gasteiger charge is 2.16. The zero-order chi connectivity index (χ0) is 11.5. The number of pyridine rings is 1. The summed E-state index contributed by atoms with van der Waals surface area (Å²) in [6.45, 7) is 0. The van der Waals surface area contributed by atoms with Gasteiger partial charge in [0.2, 0.25) is 0 Å². The van der Waals surface area contributed by atoms with Crippen molar-refractivity contribution < 1.29 is 0 Å². The van der Waals surface area contributed by atoms with Crippen LogP contribution < -0.4 is 11.1 Å². The summed E-state index contributed by atoms with van der Waals surface area (Å²) in [5, 5.41) is 3.26. The van der Waals surface area contributed by atoms with Crippen LogP contribution in [0.5, 0.6) is 0 Å². The quantitative estimate of drug-likeness (QED) is 0.916. The third-order valence-corrected chi connectivity index (χ3v) is 4.05. The van der Waals surface area contributed by atoms with E-state index in [9.17, 15) is 0 Å². The Kier molecular flexibility index (Phi) is 3.58. The number of nitrogens with one attached hydrogen (secondary N) is 1. The van der Waals surface area contributed by atoms with Gasteiger partial charge in [0.05, 0.1) is 9.83 Å². The van der Waals surface area contributed by atoms with Crippen molar-refractivity contribution in [2.75, 3.05) is 12.8 Å². The maximum Gasteiger partial charge on any atom is 0.0704 e. The number of halogens is 1. The SMILES string of the molecule is CNC(c1ccc(Br)s1)c1cnccc1N. The lowest BCUT2D eigenvalue weighted by Gasteiger charge is -2.16. The van der Waals surface area contributed by atoms with E-state index in [1.807, 2.05) is 25.4 Å². The van der Waals surface area contributed by atoms with E-state index in [1.165, 1.54) is 4.88 Å². The van der Waals surface area contributed by atoms with Gasteiger partial charge in [-0.2, -0.15) is 0 Å². The number of thiophene rings is 1. The van der Waals surface area contributed by atoms with E-state index in [-0.39, 0.29) is 6.04 Å². The van der Waals surface area contributed by atoms with Crippen molar-refractivity contribution in [2.24, 2.45) is 0 Å². The van der Waals surface area contributed by atoms with E-state index >= 15 is 0 Å². The zero-order valence-electron chi connectivity index (χ0n) is 8.77. The minimum atomic E-state index is 0.102. The standard InChI is InChI=1S/C11H12BrN3S/c1-14-11(9-2-3-10(12)16-9)7-6-15-5-4-8(7)13/h2-6,11,14H,1H3,(H2,13,15). The van der Waals surface area contributed by atoms with Crippen molar-refractivity contribution in [1.82, 2.24) is 10.3 Å². The van der Waals surface area contributed by atoms with Crippen LogP contribution in [0.25, 0.3) is 0 Å². The number of anilines is 1. The summed E-state index contributed by atoms with van der Waals surface area (Å²) in [4.78, 5) is 5.34. The van der Waals surface area contributed by atoms with E-state index in [0.29, 0.717) is 0 Å². The number of nitrogens with two attached hydrogens (primary N) is 1. The van der Waals surface area contributed by atoms with Gasteiger partial charge in [0.25, 0.3) is 0 Å². The van der Waals surface area contributed by atoms with Gasteiger partial charge in [-0.15, -0.1) is 11.3 Å². The Bertz CT molecular complexity index is 484. The van der Waals surface area contributed by atoms with Crippen LogP contribution in [0.4, 0.5) is 5.69 Å². The minimum absolute atomic E-state index is 0.102. The Labute approximate surface area is 107 Å². The Morgan fingerprint density at radius 3 is 2.81 bits per heavy atom. The molecule has 0 amide bonds. The molecule has 0 saturated carbocycles. The van der Waals surface area contributed by atoms with Gasteiger partial charge in [0.15, 0.2) is 0 Å². The van der Waals surface area contributed by atoms with Crippen LogP contribution in [-0.2, 0) is 0 Å². The van der Waals surface area contributed by atoms with E-state index in [1.54, 1.807) is 17.5 Å². The summed E-state index contributed by atoms with van der Waals surface area (Å²) in [5.74, 6) is 0. The normalized spacial score (nSPS) is 12.6. The predicted molar refractivity (Wildman–Crippen MR) is 71.6 cm³/mol. The fourth-order valence-electron chi connectivity index (χ4n) is 1.59. The molecule has 0 aliphatic heterocycles. The number of aromatic nitrogens is 1. The predicted octanol–water partition coefficient (Wildman–Crippen LogP) is 2.80. The first-order chi connectivity index (χ1) is 7.72. The Morgan fingerprint density at radius 1 is 1.44 bits per heavy atom. The molecule has 1 atom stereocenters. The lowest BCUT2D eigenvalue weighted by molar-refractivity contribution is 0.703. The molecule has 0 aliphatic rings. The maximum absolute atomic E-state index is 5.95. The van der Waals surface area contributed by atoms with Gasteiger partial charge >= 0.3 is 0 Å². The van der Waals surface area contributed by atoms with Crippen LogP contribution in [0, 0.1) is 0 Å². The number of hydrogen-bond donors (Lipinski definition) is 2. The lowest BCUT2D eigenvalue weighted by Crippen LogP contribution is -2.18. The molecule has 0 aliphatic carbocycles. The third-order valence-electron chi connectivity index (χ3n) is 2.37. The molecule has 2 rings (SSSR count). The summed E-state index contributed by atoms with van der Waals surface area (Å²) in [6.07, 6.45) is 3.51. The van der Waals surface area contributed by atoms with E-state index in [2.05, 4.69) is 32.3 Å². The first kappa shape index (κ1) is 11.6. The van der Waals surface area contributed by atoms with Crippen molar-refractivity contribution in [1.29, 1.82) is 0 Å². The van der Waals surface area contributed by atoms with Gasteiger partial charge in [-0.3, -0.25) is 4.98 Å². The van der Waals surface area contributed by atoms with Crippen LogP contribution in [0.1, 0.15) is 16.5 Å². The van der Waals surface area contributed by atoms with Crippen LogP contribution in [0.2, 0.25) is 0 Å². The zero-order valence-corrected chi connectivity index (χ0v) is 11.2. The van der Waals surface area contributed by atoms with E-state index < -0.39 is 0 Å². The second kappa shape index (κ2) is 4.95. The van der Waals surface area contributed by atoms with Gasteiger partial charge in [-0.25, -0.2) is 0 Å². The Morgan fingerprint density at radius 2 is 2.25 bits per heavy atom. The summed E-state index contributed by atoms with van der Waals surface area (Å²) >= 11 is 5.16. The van der Waals surface area contributed by atoms with E-state index in [0.717, 1.165) is 15.0 Å². The highest BCUT2D eigenvalue weighted by atomic mass is 79.9. The summed E-state index contributed by atoms with van der Waals surface area (Å²) < 4.78 is 1.12. The van der Waals surface area contributed by atoms with Crippen molar-refractivity contribution in [2.45, 2.75) is 6.04 Å². The summed E-state index contributed by atoms with van der Waals surface area (Å²) in [6, 6.07) is 6.05. The molecule has 0 spiro atoms. The van der Waals surface area contributed by atoms with Crippen LogP contribution in [0.15, 0.2) is 34.4 Å². The fourth-order valence-corrected chi connectivity index (χ4v) is 3.15. The smallest absolute Gasteiger partial charge is 0.0704 e. The molecule has 0 fully saturated rings. The topological polar surface area (TPSA) is 50.9 Å². The van der Waals surface area contributed by atoms with Crippen LogP contribution >= 0.6 is 27.3 Å². The molecule has 16 heavy (non-hydrogen) atoms. The molecule has 1 unspecified atom stereocenters. The Balaban J connectivity index is 2.40. The average molecular weight is 298 g/mol. The maximum atomic E-state index is 5.95. The lowest BCUT2D eigenvalue weighted by atomic mass is 10.1. The minimum Gasteiger partial charge on any atom is -0.398 e. The summed E-state index contributed by atoms with van der Waals surface area (Å²) in [5.41, 5.74) is 7.73. The summed E-state index contributed by atoms with van der Waals surface area (Å²) in [7, 11) is 1.92. The molecule has 84 valence electrons. The van der Waals surface area contributed by atoms with Gasteiger partial charge in [0, 0.05) is 28.5 Å². The van der Waals surface area contributed by atoms with E-state index in [4.69, 9.17) is 5.73 Å². The van der Waals surface area contributed by atoms with Crippen molar-refractivity contribution >= 4 is 33.0 Å². The average Bonchev–Trinajstić information content (AvgIpc) is 2.69. The molecule has 5 heteroatoms. The van der Waals surface area contributed by atoms with Gasteiger partial charge < -0.3 is 11.1 Å². The molecule has 3 N–H and O–H groups in total. The van der Waals surface area contributed by atoms with Gasteiger partial charge in [-0.05, 0) is 41.2 Å². The van der Waals surface area contributed by atoms with Crippen LogP contribution in [-0.4, -0.2) is 12.0 Å². The molecule has 0 bridgehead atoms. The Hall–Kier alpha value is -0.910. The second-order valence-electron chi connectivity index (χ2n) is 3.37. The highest BCUT2D eigenvalue weighted by molar-refractivity contribution is 9.11. The molecule has 2 heterocycles. The third kappa shape index (κ3) is 2.26. The molecule has 0 radical (unpaired) electrons. The molecule has 0 aromatic carbocycles. The molecule has 2 aromatic heterocycles. The number of nitrogen functional groups attached to an aromatic ring is 1. The number of rotatable bonds is 3. The molecule has 2 aromatic rings. The van der Waals surface area contributed by atoms with Crippen molar-refractivity contribution in [3.05, 3.63) is 44.8 Å². The number of hydrogen-bond acceptors (Lipinski definition) is 4. The van der Waals surface area contributed by atoms with Gasteiger partial charge in [-0.1, -0.05) is 0 Å². The van der Waals surface area contributed by atoms with Gasteiger partial charge in [0.1, 0.15) is 0 Å². The molecule has 0 saturated heterocycles. The monoisotopic (exact) mass is 297 g/mol. The number of nitrogens with zero attached hydrogens (tertiary/aromatic N) is 1. The van der Waals surface area contributed by atoms with Crippen molar-refractivity contribution in [3.63, 3.8) is 0 Å². The first-order valence-corrected chi connectivity index (χ1v) is 6.45. The van der Waals surface area contributed by atoms with Crippen molar-refractivity contribution in [3.8, 4) is 0 Å². The molecular formula is C11H12BrN3S. The fraction of sp³-hybridized carbons (Fsp3) is 0.182. The second-order valence-corrected chi connectivity index (χ2v) is 5.86. The molecular weight excluding hydrogens is 286 g/mol. The molecule has 3 nitrogen and oxygen atoms in total. The highest BCUT2D eigenvalue weighted by Crippen LogP contribution is 2.32. The van der Waals surface area contributed by atoms with Crippen LogP contribution in [0.3, 0.4) is 0 Å².